The van der Waals surface area contributed by atoms with E-state index in [-0.39, 0.29) is 53.8 Å². The van der Waals surface area contributed by atoms with Gasteiger partial charge in [0.2, 0.25) is 5.88 Å². The Morgan fingerprint density at radius 2 is 1.82 bits per heavy atom. The Balaban J connectivity index is 0.823. The molecule has 4 atom stereocenters. The molecule has 6 aromatic rings. The molecule has 0 unspecified atom stereocenters. The van der Waals surface area contributed by atoms with E-state index in [2.05, 4.69) is 67.9 Å². The van der Waals surface area contributed by atoms with E-state index < -0.39 is 37.5 Å². The summed E-state index contributed by atoms with van der Waals surface area (Å²) in [5.74, 6) is 0.414. The first-order valence-corrected chi connectivity index (χ1v) is 26.5. The third kappa shape index (κ3) is 8.49. The number of nitrogens with zero attached hydrogens (tertiary/aromatic N) is 6. The molecule has 72 heavy (non-hydrogen) atoms. The van der Waals surface area contributed by atoms with Crippen LogP contribution in [0.3, 0.4) is 0 Å². The minimum atomic E-state index is -4.71. The number of carbonyl (C=O) groups excluding carboxylic acids is 1. The van der Waals surface area contributed by atoms with Gasteiger partial charge in [0.1, 0.15) is 29.8 Å². The number of hydrogen-bond acceptors (Lipinski definition) is 15. The molecule has 6 aliphatic rings. The van der Waals surface area contributed by atoms with Crippen molar-refractivity contribution in [3.05, 3.63) is 124 Å². The number of pyridine rings is 2. The number of piperidine rings is 1. The number of sulfonamides is 1. The highest BCUT2D eigenvalue weighted by Gasteiger charge is 2.50. The number of aromatic nitrogens is 3. The SMILES string of the molecule is CC(C)Oc1ccccc1[C@@H]1CCCN1C1CC2(CCN(c3ccc(C(=O)NS(=O)(=O)c4cc5c(c([N+](=O)[O-])c4)N[C@H](Cc4ccccn4)CO5)c(N4c5cc6cc[nH]c6nc5O[C@@H]5COC[C@H]54)c3)CC2)C1. The summed E-state index contributed by atoms with van der Waals surface area (Å²) in [6, 6.07) is 25.7. The highest BCUT2D eigenvalue weighted by molar-refractivity contribution is 7.90. The van der Waals surface area contributed by atoms with Crippen LogP contribution in [0.1, 0.15) is 80.0 Å². The second-order valence-corrected chi connectivity index (χ2v) is 22.1. The van der Waals surface area contributed by atoms with Gasteiger partial charge in [0.05, 0.1) is 52.5 Å². The van der Waals surface area contributed by atoms with Crippen LogP contribution in [0.5, 0.6) is 17.4 Å². The van der Waals surface area contributed by atoms with Gasteiger partial charge in [-0.2, -0.15) is 4.98 Å². The predicted molar refractivity (Wildman–Crippen MR) is 270 cm³/mol. The maximum atomic E-state index is 14.7. The lowest BCUT2D eigenvalue weighted by Crippen LogP contribution is -2.55. The van der Waals surface area contributed by atoms with Crippen molar-refractivity contribution < 1.29 is 37.1 Å². The summed E-state index contributed by atoms with van der Waals surface area (Å²) in [5.41, 5.74) is 4.52. The normalized spacial score (nSPS) is 22.6. The molecular formula is C53H57N9O9S. The highest BCUT2D eigenvalue weighted by atomic mass is 32.2. The zero-order valence-corrected chi connectivity index (χ0v) is 41.0. The minimum Gasteiger partial charge on any atom is -0.491 e. The van der Waals surface area contributed by atoms with Crippen LogP contribution < -0.4 is 34.0 Å². The molecule has 3 saturated heterocycles. The van der Waals surface area contributed by atoms with Crippen LogP contribution in [-0.4, -0.2) is 109 Å². The van der Waals surface area contributed by atoms with Gasteiger partial charge in [0.15, 0.2) is 11.4 Å². The maximum absolute atomic E-state index is 14.7. The largest absolute Gasteiger partial charge is 0.491 e. The van der Waals surface area contributed by atoms with Gasteiger partial charge in [-0.3, -0.25) is 24.8 Å². The molecule has 1 spiro atoms. The summed E-state index contributed by atoms with van der Waals surface area (Å²) in [5, 5.41) is 16.5. The Labute approximate surface area is 417 Å². The zero-order chi connectivity index (χ0) is 49.3. The molecule has 1 aliphatic carbocycles. The van der Waals surface area contributed by atoms with E-state index in [4.69, 9.17) is 23.9 Å². The van der Waals surface area contributed by atoms with Gasteiger partial charge in [-0.25, -0.2) is 13.1 Å². The Morgan fingerprint density at radius 3 is 2.62 bits per heavy atom. The number of H-pyrrole nitrogens is 1. The number of benzene rings is 3. The van der Waals surface area contributed by atoms with E-state index in [9.17, 15) is 23.3 Å². The molecule has 1 amide bonds. The topological polar surface area (TPSA) is 207 Å². The number of para-hydroxylation sites is 1. The molecule has 1 saturated carbocycles. The lowest BCUT2D eigenvalue weighted by molar-refractivity contribution is -0.384. The molecule has 18 nitrogen and oxygen atoms in total. The number of rotatable bonds is 12. The van der Waals surface area contributed by atoms with E-state index >= 15 is 0 Å². The summed E-state index contributed by atoms with van der Waals surface area (Å²) in [7, 11) is -4.71. The van der Waals surface area contributed by atoms with Gasteiger partial charge in [-0.05, 0) is 113 Å². The average molecular weight is 996 g/mol. The van der Waals surface area contributed by atoms with Crippen LogP contribution in [0, 0.1) is 15.5 Å². The monoisotopic (exact) mass is 995 g/mol. The van der Waals surface area contributed by atoms with Gasteiger partial charge in [0, 0.05) is 78.5 Å². The van der Waals surface area contributed by atoms with Crippen molar-refractivity contribution in [1.29, 1.82) is 0 Å². The van der Waals surface area contributed by atoms with Gasteiger partial charge in [-0.1, -0.05) is 24.3 Å². The first-order valence-electron chi connectivity index (χ1n) is 25.0. The van der Waals surface area contributed by atoms with Crippen molar-refractivity contribution in [2.45, 2.75) is 100 Å². The maximum Gasteiger partial charge on any atom is 0.297 e. The number of aromatic amines is 1. The molecule has 3 N–H and O–H groups in total. The minimum absolute atomic E-state index is 0.0148. The molecule has 12 rings (SSSR count). The molecule has 0 radical (unpaired) electrons. The fourth-order valence-corrected chi connectivity index (χ4v) is 13.0. The van der Waals surface area contributed by atoms with E-state index in [0.717, 1.165) is 80.3 Å². The van der Waals surface area contributed by atoms with E-state index in [1.165, 1.54) is 18.1 Å². The van der Waals surface area contributed by atoms with E-state index in [1.54, 1.807) is 24.5 Å². The zero-order valence-electron chi connectivity index (χ0n) is 40.2. The van der Waals surface area contributed by atoms with E-state index in [0.29, 0.717) is 48.0 Å². The van der Waals surface area contributed by atoms with Crippen LogP contribution in [0.25, 0.3) is 11.0 Å². The number of hydrogen-bond donors (Lipinski definition) is 3. The molecule has 3 aromatic carbocycles. The number of nitrogens with one attached hydrogen (secondary N) is 3. The van der Waals surface area contributed by atoms with Gasteiger partial charge in [-0.15, -0.1) is 0 Å². The van der Waals surface area contributed by atoms with Gasteiger partial charge < -0.3 is 39.0 Å². The first kappa shape index (κ1) is 46.1. The number of amides is 1. The summed E-state index contributed by atoms with van der Waals surface area (Å²) in [6.07, 6.45) is 10.2. The molecule has 374 valence electrons. The molecule has 8 heterocycles. The number of fused-ring (bicyclic) bond motifs is 4. The van der Waals surface area contributed by atoms with Crippen LogP contribution in [0.15, 0.2) is 102 Å². The van der Waals surface area contributed by atoms with Gasteiger partial charge >= 0.3 is 0 Å². The lowest BCUT2D eigenvalue weighted by Gasteiger charge is -2.56. The number of carbonyl (C=O) groups is 1. The summed E-state index contributed by atoms with van der Waals surface area (Å²) in [6.45, 7) is 7.57. The summed E-state index contributed by atoms with van der Waals surface area (Å²) < 4.78 is 55.5. The van der Waals surface area contributed by atoms with Crippen molar-refractivity contribution in [3.63, 3.8) is 0 Å². The Kier molecular flexibility index (Phi) is 11.7. The molecule has 4 fully saturated rings. The Bertz CT molecular complexity index is 3170. The van der Waals surface area contributed by atoms with E-state index in [1.807, 2.05) is 41.3 Å². The van der Waals surface area contributed by atoms with Crippen molar-refractivity contribution in [2.24, 2.45) is 5.41 Å². The lowest BCUT2D eigenvalue weighted by atomic mass is 9.60. The van der Waals surface area contributed by atoms with Crippen LogP contribution >= 0.6 is 0 Å². The molecule has 0 bridgehead atoms. The van der Waals surface area contributed by atoms with Crippen LogP contribution in [0.2, 0.25) is 0 Å². The average Bonchev–Trinajstić information content (AvgIpc) is 4.16. The van der Waals surface area contributed by atoms with Crippen LogP contribution in [0.4, 0.5) is 28.4 Å². The van der Waals surface area contributed by atoms with Crippen molar-refractivity contribution in [3.8, 4) is 17.4 Å². The summed E-state index contributed by atoms with van der Waals surface area (Å²) in [4.78, 5) is 45.5. The van der Waals surface area contributed by atoms with Crippen LogP contribution in [-0.2, 0) is 21.2 Å². The fraction of sp³-hybridized carbons (Fsp3) is 0.415. The van der Waals surface area contributed by atoms with Crippen molar-refractivity contribution in [2.75, 3.05) is 54.6 Å². The number of nitro groups is 1. The smallest absolute Gasteiger partial charge is 0.297 e. The fourth-order valence-electron chi connectivity index (χ4n) is 12.0. The number of anilines is 4. The van der Waals surface area contributed by atoms with Crippen molar-refractivity contribution >= 4 is 55.4 Å². The van der Waals surface area contributed by atoms with Gasteiger partial charge in [0.25, 0.3) is 21.6 Å². The molecule has 19 heteroatoms. The Hall–Kier alpha value is -6.96. The second kappa shape index (κ2) is 18.3. The number of likely N-dealkylation sites (tertiary alicyclic amines) is 1. The third-order valence-electron chi connectivity index (χ3n) is 15.5. The Morgan fingerprint density at radius 1 is 0.986 bits per heavy atom. The molecule has 5 aliphatic heterocycles. The molecular weight excluding hydrogens is 939 g/mol. The van der Waals surface area contributed by atoms with Crippen molar-refractivity contribution in [1.82, 2.24) is 24.6 Å². The second-order valence-electron chi connectivity index (χ2n) is 20.4. The molecule has 3 aromatic heterocycles. The quantitative estimate of drug-likeness (QED) is 0.0783. The highest BCUT2D eigenvalue weighted by Crippen LogP contribution is 2.55. The first-order chi connectivity index (χ1) is 34.9. The predicted octanol–water partition coefficient (Wildman–Crippen LogP) is 8.07. The summed E-state index contributed by atoms with van der Waals surface area (Å²) >= 11 is 0. The standard InChI is InChI=1S/C53H57N9O9S/c1-32(2)70-46-11-4-3-9-39(46)41-10-7-19-60(41)37-27-53(28-37)15-20-59(21-16-53)36-12-13-40(42(24-36)61-44-22-33-14-18-55-50(33)57-52(44)71-48-31-68-30-45(48)61)51(63)58-72(66,67)38-25-43(62(64)65)49-47(26-38)69-29-35(56-49)23-34-8-5-6-17-54-34/h3-6,8-9,11-14,17-18,22,24-26,32,35,37,41,45,48,56H,7,10,15-16,19-21,23,27-31H2,1-2H3,(H,55,57)(H,58,63)/t35-,41+,45-,48-/m1/s1. The third-order valence-corrected chi connectivity index (χ3v) is 16.8. The number of nitro benzene ring substituents is 1. The number of ether oxygens (including phenoxy) is 4.